The highest BCUT2D eigenvalue weighted by molar-refractivity contribution is 7.90. The van der Waals surface area contributed by atoms with Crippen molar-refractivity contribution in [2.45, 2.75) is 6.92 Å². The Bertz CT molecular complexity index is 1230. The summed E-state index contributed by atoms with van der Waals surface area (Å²) in [4.78, 5) is 31.6. The first-order valence-corrected chi connectivity index (χ1v) is 11.8. The number of thiazole rings is 1. The molecule has 0 atom stereocenters. The Morgan fingerprint density at radius 1 is 1.26 bits per heavy atom. The van der Waals surface area contributed by atoms with Gasteiger partial charge in [0.25, 0.3) is 15.9 Å². The molecule has 4 rings (SSSR count). The van der Waals surface area contributed by atoms with Crippen LogP contribution in [0.4, 0.5) is 5.13 Å². The molecule has 1 aromatic carbocycles. The summed E-state index contributed by atoms with van der Waals surface area (Å²) in [5.41, 5.74) is 1.20. The monoisotopic (exact) mass is 458 g/mol. The Labute approximate surface area is 182 Å². The molecular weight excluding hydrogens is 440 g/mol. The van der Waals surface area contributed by atoms with Crippen LogP contribution in [0.2, 0.25) is 0 Å². The molecule has 1 aromatic heterocycles. The van der Waals surface area contributed by atoms with E-state index >= 15 is 0 Å². The molecule has 2 aliphatic heterocycles. The zero-order chi connectivity index (χ0) is 22.0. The Kier molecular flexibility index (Phi) is 5.70. The lowest BCUT2D eigenvalue weighted by Crippen LogP contribution is -2.40. The van der Waals surface area contributed by atoms with Crippen LogP contribution < -0.4 is 5.32 Å². The maximum atomic E-state index is 12.9. The van der Waals surface area contributed by atoms with E-state index in [1.54, 1.807) is 36.2 Å². The summed E-state index contributed by atoms with van der Waals surface area (Å²) in [6, 6.07) is 9.08. The van der Waals surface area contributed by atoms with Gasteiger partial charge in [-0.15, -0.1) is 4.40 Å². The highest BCUT2D eigenvalue weighted by atomic mass is 32.2. The number of sulfonamides is 1. The molecule has 160 valence electrons. The molecule has 11 heteroatoms. The maximum absolute atomic E-state index is 12.9. The second-order valence-corrected chi connectivity index (χ2v) is 9.31. The smallest absolute Gasteiger partial charge is 0.350 e. The van der Waals surface area contributed by atoms with Gasteiger partial charge in [0.1, 0.15) is 4.88 Å². The van der Waals surface area contributed by atoms with Crippen molar-refractivity contribution in [2.75, 3.05) is 24.2 Å². The number of rotatable bonds is 5. The first-order valence-electron chi connectivity index (χ1n) is 9.41. The molecule has 0 saturated carbocycles. The third kappa shape index (κ3) is 4.42. The van der Waals surface area contributed by atoms with Crippen LogP contribution in [-0.4, -0.2) is 54.9 Å². The van der Waals surface area contributed by atoms with Crippen molar-refractivity contribution in [3.05, 3.63) is 59.1 Å². The van der Waals surface area contributed by atoms with E-state index in [2.05, 4.69) is 14.7 Å². The van der Waals surface area contributed by atoms with Crippen LogP contribution in [0.5, 0.6) is 0 Å². The Morgan fingerprint density at radius 2 is 2.03 bits per heavy atom. The second kappa shape index (κ2) is 8.44. The molecule has 0 spiro atoms. The molecule has 3 heterocycles. The molecule has 0 aliphatic carbocycles. The van der Waals surface area contributed by atoms with E-state index in [0.29, 0.717) is 11.3 Å². The molecule has 31 heavy (non-hydrogen) atoms. The lowest BCUT2D eigenvalue weighted by Gasteiger charge is -2.28. The van der Waals surface area contributed by atoms with Crippen LogP contribution >= 0.6 is 11.3 Å². The summed E-state index contributed by atoms with van der Waals surface area (Å²) < 4.78 is 32.7. The van der Waals surface area contributed by atoms with E-state index < -0.39 is 21.9 Å². The summed E-state index contributed by atoms with van der Waals surface area (Å²) in [5, 5.41) is 2.84. The van der Waals surface area contributed by atoms with E-state index in [0.717, 1.165) is 11.3 Å². The van der Waals surface area contributed by atoms with Crippen molar-refractivity contribution in [3.8, 4) is 11.3 Å². The van der Waals surface area contributed by atoms with Crippen molar-refractivity contribution in [3.63, 3.8) is 0 Å². The zero-order valence-corrected chi connectivity index (χ0v) is 18.1. The number of carbonyl (C=O) groups is 2. The molecular formula is C20H18N4O5S2. The minimum atomic E-state index is -3.63. The van der Waals surface area contributed by atoms with Crippen LogP contribution in [0.1, 0.15) is 16.6 Å². The van der Waals surface area contributed by atoms with Crippen molar-refractivity contribution in [1.82, 2.24) is 9.88 Å². The molecule has 2 aromatic rings. The number of fused-ring (bicyclic) bond motifs is 1. The fourth-order valence-electron chi connectivity index (χ4n) is 3.06. The summed E-state index contributed by atoms with van der Waals surface area (Å²) in [6.45, 7) is 2.12. The number of hydrogen-bond donors (Lipinski definition) is 1. The predicted octanol–water partition coefficient (Wildman–Crippen LogP) is 2.42. The fourth-order valence-corrected chi connectivity index (χ4v) is 4.92. The fraction of sp³-hybridized carbons (Fsp3) is 0.200. The van der Waals surface area contributed by atoms with E-state index in [-0.39, 0.29) is 40.3 Å². The quantitative estimate of drug-likeness (QED) is 0.684. The number of ether oxygens (including phenoxy) is 1. The second-order valence-electron chi connectivity index (χ2n) is 6.55. The number of esters is 1. The average Bonchev–Trinajstić information content (AvgIpc) is 3.17. The third-order valence-electron chi connectivity index (χ3n) is 4.46. The SMILES string of the molecule is CCOC(=O)c1sc(NC(=O)C2=CC=CN3CCS(=O)(=O)N=C23)nc1-c1ccccc1. The van der Waals surface area contributed by atoms with E-state index in [1.165, 1.54) is 6.08 Å². The third-order valence-corrected chi connectivity index (χ3v) is 6.56. The number of nitrogens with one attached hydrogen (secondary N) is 1. The van der Waals surface area contributed by atoms with Crippen molar-refractivity contribution >= 4 is 44.2 Å². The minimum absolute atomic E-state index is 0.0664. The van der Waals surface area contributed by atoms with Gasteiger partial charge in [0.15, 0.2) is 11.0 Å². The average molecular weight is 459 g/mol. The van der Waals surface area contributed by atoms with E-state index in [9.17, 15) is 18.0 Å². The molecule has 1 N–H and O–H groups in total. The van der Waals surface area contributed by atoms with Crippen LogP contribution in [0.3, 0.4) is 0 Å². The molecule has 1 amide bonds. The van der Waals surface area contributed by atoms with Gasteiger partial charge in [0, 0.05) is 18.3 Å². The number of allylic oxidation sites excluding steroid dienone is 2. The van der Waals surface area contributed by atoms with Gasteiger partial charge in [-0.1, -0.05) is 41.7 Å². The molecule has 0 fully saturated rings. The van der Waals surface area contributed by atoms with Gasteiger partial charge in [-0.3, -0.25) is 10.1 Å². The van der Waals surface area contributed by atoms with Crippen LogP contribution in [0, 0.1) is 0 Å². The van der Waals surface area contributed by atoms with Crippen LogP contribution in [0.25, 0.3) is 11.3 Å². The summed E-state index contributed by atoms with van der Waals surface area (Å²) in [6.07, 6.45) is 4.80. The molecule has 0 bridgehead atoms. The van der Waals surface area contributed by atoms with Gasteiger partial charge in [-0.25, -0.2) is 18.2 Å². The molecule has 9 nitrogen and oxygen atoms in total. The van der Waals surface area contributed by atoms with Crippen LogP contribution in [0.15, 0.2) is 58.7 Å². The minimum Gasteiger partial charge on any atom is -0.462 e. The number of amides is 1. The van der Waals surface area contributed by atoms with Gasteiger partial charge < -0.3 is 9.64 Å². The standard InChI is InChI=1S/C20H18N4O5S2/c1-2-29-19(26)16-15(13-7-4-3-5-8-13)21-20(30-16)22-18(25)14-9-6-10-24-11-12-31(27,28)23-17(14)24/h3-10H,2,11-12H2,1H3,(H,21,22,25). The Balaban J connectivity index is 1.66. The number of hydrogen-bond acceptors (Lipinski definition) is 8. The number of anilines is 1. The lowest BCUT2D eigenvalue weighted by molar-refractivity contribution is -0.112. The number of aromatic nitrogens is 1. The predicted molar refractivity (Wildman–Crippen MR) is 117 cm³/mol. The Morgan fingerprint density at radius 3 is 2.77 bits per heavy atom. The summed E-state index contributed by atoms with van der Waals surface area (Å²) in [5.74, 6) is -1.16. The van der Waals surface area contributed by atoms with Gasteiger partial charge in [-0.05, 0) is 19.1 Å². The number of nitrogens with zero attached hydrogens (tertiary/aromatic N) is 3. The normalized spacial score (nSPS) is 16.7. The van der Waals surface area contributed by atoms with Crippen molar-refractivity contribution < 1.29 is 22.7 Å². The van der Waals surface area contributed by atoms with Gasteiger partial charge in [-0.2, -0.15) is 0 Å². The molecule has 0 radical (unpaired) electrons. The lowest BCUT2D eigenvalue weighted by atomic mass is 10.1. The topological polar surface area (TPSA) is 118 Å². The van der Waals surface area contributed by atoms with Crippen molar-refractivity contribution in [2.24, 2.45) is 4.40 Å². The highest BCUT2D eigenvalue weighted by Crippen LogP contribution is 2.32. The van der Waals surface area contributed by atoms with E-state index in [1.807, 2.05) is 18.2 Å². The molecule has 2 aliphatic rings. The summed E-state index contributed by atoms with van der Waals surface area (Å²) >= 11 is 0.989. The number of carbonyl (C=O) groups excluding carboxylic acids is 2. The zero-order valence-electron chi connectivity index (χ0n) is 16.4. The largest absolute Gasteiger partial charge is 0.462 e. The first-order chi connectivity index (χ1) is 14.9. The van der Waals surface area contributed by atoms with Gasteiger partial charge in [0.05, 0.1) is 23.6 Å². The van der Waals surface area contributed by atoms with Crippen LogP contribution in [-0.2, 0) is 19.6 Å². The number of benzene rings is 1. The van der Waals surface area contributed by atoms with Gasteiger partial charge >= 0.3 is 5.97 Å². The maximum Gasteiger partial charge on any atom is 0.350 e. The van der Waals surface area contributed by atoms with Gasteiger partial charge in [0.2, 0.25) is 0 Å². The van der Waals surface area contributed by atoms with E-state index in [4.69, 9.17) is 4.74 Å². The molecule has 0 saturated heterocycles. The number of amidine groups is 1. The molecule has 0 unspecified atom stereocenters. The summed E-state index contributed by atoms with van der Waals surface area (Å²) in [7, 11) is -3.63. The first kappa shape index (κ1) is 20.9. The highest BCUT2D eigenvalue weighted by Gasteiger charge is 2.31. The van der Waals surface area contributed by atoms with Crippen molar-refractivity contribution in [1.29, 1.82) is 0 Å². The Hall–Kier alpha value is -3.31.